The number of hydrogen-bond donors (Lipinski definition) is 0. The molecule has 29 heavy (non-hydrogen) atoms. The van der Waals surface area contributed by atoms with E-state index in [0.717, 1.165) is 49.2 Å². The minimum absolute atomic E-state index is 0.232. The first-order chi connectivity index (χ1) is 14.2. The Bertz CT molecular complexity index is 763. The zero-order valence-corrected chi connectivity index (χ0v) is 17.0. The Morgan fingerprint density at radius 1 is 0.621 bits per heavy atom. The molecule has 0 N–H and O–H groups in total. The molecule has 0 aliphatic carbocycles. The van der Waals surface area contributed by atoms with E-state index in [1.165, 1.54) is 68.7 Å². The van der Waals surface area contributed by atoms with Gasteiger partial charge in [-0.05, 0) is 79.7 Å². The van der Waals surface area contributed by atoms with Crippen LogP contribution in [-0.2, 0) is 0 Å². The molecule has 0 aromatic heterocycles. The van der Waals surface area contributed by atoms with E-state index in [9.17, 15) is 8.78 Å². The molecular formula is C25H30F2N2. The van der Waals surface area contributed by atoms with Gasteiger partial charge in [0.05, 0.1) is 0 Å². The van der Waals surface area contributed by atoms with Gasteiger partial charge in [0.25, 0.3) is 0 Å². The van der Waals surface area contributed by atoms with Gasteiger partial charge >= 0.3 is 0 Å². The molecular weight excluding hydrogens is 366 g/mol. The molecule has 2 fully saturated rings. The van der Waals surface area contributed by atoms with Gasteiger partial charge in [0.1, 0.15) is 11.6 Å². The summed E-state index contributed by atoms with van der Waals surface area (Å²) < 4.78 is 26.9. The molecule has 0 saturated carbocycles. The van der Waals surface area contributed by atoms with Gasteiger partial charge in [-0.1, -0.05) is 36.3 Å². The summed E-state index contributed by atoms with van der Waals surface area (Å²) in [5.74, 6) is -0.463. The SMILES string of the molecule is Fc1ccc(C(=C2CCN(CCN3CCCCC3)CC2)c2ccc(F)cc2)cc1. The summed E-state index contributed by atoms with van der Waals surface area (Å²) in [6.07, 6.45) is 6.06. The van der Waals surface area contributed by atoms with Crippen LogP contribution in [0.15, 0.2) is 54.1 Å². The van der Waals surface area contributed by atoms with Gasteiger partial charge in [0.2, 0.25) is 0 Å². The Morgan fingerprint density at radius 3 is 1.55 bits per heavy atom. The Labute approximate surface area is 172 Å². The lowest BCUT2D eigenvalue weighted by Crippen LogP contribution is -2.40. The summed E-state index contributed by atoms with van der Waals surface area (Å²) in [7, 11) is 0. The largest absolute Gasteiger partial charge is 0.302 e. The van der Waals surface area contributed by atoms with Gasteiger partial charge in [-0.25, -0.2) is 8.78 Å². The fourth-order valence-electron chi connectivity index (χ4n) is 4.57. The number of likely N-dealkylation sites (tertiary alicyclic amines) is 2. The lowest BCUT2D eigenvalue weighted by molar-refractivity contribution is 0.176. The summed E-state index contributed by atoms with van der Waals surface area (Å²) in [6, 6.07) is 13.4. The predicted molar refractivity (Wildman–Crippen MR) is 115 cm³/mol. The van der Waals surface area contributed by atoms with E-state index in [1.807, 2.05) is 24.3 Å². The van der Waals surface area contributed by atoms with Gasteiger partial charge in [-0.15, -0.1) is 0 Å². The lowest BCUT2D eigenvalue weighted by Gasteiger charge is -2.33. The van der Waals surface area contributed by atoms with Gasteiger partial charge in [0.15, 0.2) is 0 Å². The van der Waals surface area contributed by atoms with Crippen molar-refractivity contribution in [3.05, 3.63) is 76.9 Å². The van der Waals surface area contributed by atoms with Crippen molar-refractivity contribution < 1.29 is 8.78 Å². The number of hydrogen-bond acceptors (Lipinski definition) is 2. The number of halogens is 2. The maximum atomic E-state index is 13.5. The molecule has 4 heteroatoms. The second-order valence-corrected chi connectivity index (χ2v) is 8.24. The van der Waals surface area contributed by atoms with Crippen molar-refractivity contribution in [3.8, 4) is 0 Å². The van der Waals surface area contributed by atoms with Crippen LogP contribution in [0.25, 0.3) is 5.57 Å². The Balaban J connectivity index is 1.48. The Kier molecular flexibility index (Phi) is 6.73. The molecule has 0 radical (unpaired) electrons. The Hall–Kier alpha value is -2.04. The minimum atomic E-state index is -0.232. The molecule has 4 rings (SSSR count). The molecule has 2 heterocycles. The van der Waals surface area contributed by atoms with Crippen LogP contribution in [0, 0.1) is 11.6 Å². The number of rotatable bonds is 5. The zero-order valence-electron chi connectivity index (χ0n) is 17.0. The second-order valence-electron chi connectivity index (χ2n) is 8.24. The average molecular weight is 397 g/mol. The summed E-state index contributed by atoms with van der Waals surface area (Å²) in [4.78, 5) is 5.16. The van der Waals surface area contributed by atoms with Crippen LogP contribution in [-0.4, -0.2) is 49.1 Å². The van der Waals surface area contributed by atoms with E-state index in [-0.39, 0.29) is 11.6 Å². The van der Waals surface area contributed by atoms with Crippen LogP contribution in [0.5, 0.6) is 0 Å². The highest BCUT2D eigenvalue weighted by molar-refractivity contribution is 5.82. The summed E-state index contributed by atoms with van der Waals surface area (Å²) in [5.41, 5.74) is 4.54. The number of nitrogens with zero attached hydrogens (tertiary/aromatic N) is 2. The second kappa shape index (κ2) is 9.64. The fourth-order valence-corrected chi connectivity index (χ4v) is 4.57. The molecule has 2 nitrogen and oxygen atoms in total. The van der Waals surface area contributed by atoms with Crippen molar-refractivity contribution in [1.82, 2.24) is 9.80 Å². The van der Waals surface area contributed by atoms with Crippen molar-refractivity contribution in [3.63, 3.8) is 0 Å². The van der Waals surface area contributed by atoms with Gasteiger partial charge in [0, 0.05) is 26.2 Å². The number of piperidine rings is 2. The molecule has 2 aromatic rings. The van der Waals surface area contributed by atoms with Crippen molar-refractivity contribution in [2.24, 2.45) is 0 Å². The quantitative estimate of drug-likeness (QED) is 0.672. The maximum Gasteiger partial charge on any atom is 0.123 e. The number of benzene rings is 2. The summed E-state index contributed by atoms with van der Waals surface area (Å²) in [6.45, 7) is 6.90. The van der Waals surface area contributed by atoms with Gasteiger partial charge in [-0.2, -0.15) is 0 Å². The summed E-state index contributed by atoms with van der Waals surface area (Å²) >= 11 is 0. The van der Waals surface area contributed by atoms with Crippen molar-refractivity contribution in [2.75, 3.05) is 39.3 Å². The molecule has 2 aliphatic rings. The van der Waals surface area contributed by atoms with Gasteiger partial charge in [-0.3, -0.25) is 0 Å². The first-order valence-corrected chi connectivity index (χ1v) is 10.9. The molecule has 2 aliphatic heterocycles. The van der Waals surface area contributed by atoms with Gasteiger partial charge < -0.3 is 9.80 Å². The van der Waals surface area contributed by atoms with Crippen molar-refractivity contribution >= 4 is 5.57 Å². The minimum Gasteiger partial charge on any atom is -0.302 e. The molecule has 0 atom stereocenters. The van der Waals surface area contributed by atoms with Crippen LogP contribution in [0.3, 0.4) is 0 Å². The maximum absolute atomic E-state index is 13.5. The Morgan fingerprint density at radius 2 is 1.07 bits per heavy atom. The lowest BCUT2D eigenvalue weighted by atomic mass is 9.88. The highest BCUT2D eigenvalue weighted by Gasteiger charge is 2.20. The topological polar surface area (TPSA) is 6.48 Å². The molecule has 0 spiro atoms. The molecule has 0 amide bonds. The van der Waals surface area contributed by atoms with Crippen LogP contribution < -0.4 is 0 Å². The highest BCUT2D eigenvalue weighted by atomic mass is 19.1. The van der Waals surface area contributed by atoms with Crippen LogP contribution in [0.2, 0.25) is 0 Å². The third kappa shape index (κ3) is 5.31. The van der Waals surface area contributed by atoms with Crippen molar-refractivity contribution in [2.45, 2.75) is 32.1 Å². The van der Waals surface area contributed by atoms with E-state index < -0.39 is 0 Å². The fraction of sp³-hybridized carbons (Fsp3) is 0.440. The average Bonchev–Trinajstić information content (AvgIpc) is 2.77. The monoisotopic (exact) mass is 396 g/mol. The summed E-state index contributed by atoms with van der Waals surface area (Å²) in [5, 5.41) is 0. The van der Waals surface area contributed by atoms with Crippen LogP contribution in [0.1, 0.15) is 43.2 Å². The van der Waals surface area contributed by atoms with E-state index in [2.05, 4.69) is 9.80 Å². The third-order valence-corrected chi connectivity index (χ3v) is 6.26. The molecule has 0 bridgehead atoms. The first-order valence-electron chi connectivity index (χ1n) is 10.9. The van der Waals surface area contributed by atoms with Crippen molar-refractivity contribution in [1.29, 1.82) is 0 Å². The van der Waals surface area contributed by atoms with Crippen LogP contribution in [0.4, 0.5) is 8.78 Å². The molecule has 2 saturated heterocycles. The van der Waals surface area contributed by atoms with E-state index in [0.29, 0.717) is 0 Å². The molecule has 0 unspecified atom stereocenters. The van der Waals surface area contributed by atoms with E-state index >= 15 is 0 Å². The van der Waals surface area contributed by atoms with E-state index in [4.69, 9.17) is 0 Å². The standard InChI is InChI=1S/C25H30F2N2/c26-23-8-4-20(5-9-23)25(21-6-10-24(27)11-7-21)22-12-16-29(17-13-22)19-18-28-14-2-1-3-15-28/h4-11H,1-3,12-19H2. The molecule has 2 aromatic carbocycles. The third-order valence-electron chi connectivity index (χ3n) is 6.26. The normalized spacial score (nSPS) is 18.8. The zero-order chi connectivity index (χ0) is 20.1. The smallest absolute Gasteiger partial charge is 0.123 e. The highest BCUT2D eigenvalue weighted by Crippen LogP contribution is 2.32. The van der Waals surface area contributed by atoms with E-state index in [1.54, 1.807) is 0 Å². The first kappa shape index (κ1) is 20.2. The molecule has 154 valence electrons. The van der Waals surface area contributed by atoms with Crippen LogP contribution >= 0.6 is 0 Å². The predicted octanol–water partition coefficient (Wildman–Crippen LogP) is 5.35.